The summed E-state index contributed by atoms with van der Waals surface area (Å²) in [4.78, 5) is 12.1. The number of nitrogens with one attached hydrogen (secondary N) is 2. The lowest BCUT2D eigenvalue weighted by atomic mass is 10.2. The Kier molecular flexibility index (Phi) is 10.5. The Morgan fingerprint density at radius 3 is 2.33 bits per heavy atom. The van der Waals surface area contributed by atoms with Crippen molar-refractivity contribution < 1.29 is 18.1 Å². The molecular weight excluding hydrogens is 402 g/mol. The van der Waals surface area contributed by atoms with Gasteiger partial charge in [0.15, 0.2) is 0 Å². The summed E-state index contributed by atoms with van der Waals surface area (Å²) in [6.07, 6.45) is 2.55. The molecule has 2 amide bonds. The molecule has 0 unspecified atom stereocenters. The van der Waals surface area contributed by atoms with Crippen LogP contribution in [0.25, 0.3) is 0 Å². The minimum Gasteiger partial charge on any atom is -0.374 e. The van der Waals surface area contributed by atoms with Gasteiger partial charge in [0.2, 0.25) is 0 Å². The molecule has 1 aromatic heterocycles. The normalized spacial score (nSPS) is 11.4. The van der Waals surface area contributed by atoms with E-state index in [0.717, 1.165) is 5.56 Å². The molecule has 30 heavy (non-hydrogen) atoms. The van der Waals surface area contributed by atoms with Crippen molar-refractivity contribution in [1.82, 2.24) is 25.6 Å². The maximum Gasteiger partial charge on any atom is 0.500 e. The number of aromatic nitrogens is 3. The van der Waals surface area contributed by atoms with E-state index in [1.54, 1.807) is 4.68 Å². The summed E-state index contributed by atoms with van der Waals surface area (Å²) in [5.41, 5.74) is 1.85. The van der Waals surface area contributed by atoms with Crippen LogP contribution in [-0.2, 0) is 26.4 Å². The van der Waals surface area contributed by atoms with Gasteiger partial charge < -0.3 is 23.9 Å². The van der Waals surface area contributed by atoms with Crippen LogP contribution in [0.3, 0.4) is 0 Å². The lowest BCUT2D eigenvalue weighted by molar-refractivity contribution is 0.0708. The van der Waals surface area contributed by atoms with Crippen LogP contribution in [0.5, 0.6) is 0 Å². The van der Waals surface area contributed by atoms with Crippen molar-refractivity contribution >= 4 is 14.8 Å². The second-order valence-electron chi connectivity index (χ2n) is 6.59. The molecule has 0 fully saturated rings. The number of benzene rings is 1. The van der Waals surface area contributed by atoms with Crippen LogP contribution >= 0.6 is 0 Å². The number of hydrogen-bond acceptors (Lipinski definition) is 6. The Balaban J connectivity index is 1.69. The third-order valence-electron chi connectivity index (χ3n) is 4.24. The molecule has 166 valence electrons. The number of rotatable bonds is 14. The van der Waals surface area contributed by atoms with Crippen molar-refractivity contribution in [2.75, 3.05) is 26.4 Å². The molecule has 1 heterocycles. The van der Waals surface area contributed by atoms with Gasteiger partial charge in [0, 0.05) is 32.4 Å². The largest absolute Gasteiger partial charge is 0.500 e. The Bertz CT molecular complexity index is 727. The molecule has 0 saturated carbocycles. The third-order valence-corrected chi connectivity index (χ3v) is 7.39. The van der Waals surface area contributed by atoms with Gasteiger partial charge in [-0.2, -0.15) is 0 Å². The van der Waals surface area contributed by atoms with E-state index in [1.807, 2.05) is 57.3 Å². The first-order chi connectivity index (χ1) is 14.6. The number of amides is 2. The van der Waals surface area contributed by atoms with Crippen molar-refractivity contribution in [3.05, 3.63) is 47.8 Å². The zero-order chi connectivity index (χ0) is 21.7. The van der Waals surface area contributed by atoms with E-state index in [2.05, 4.69) is 20.9 Å². The molecule has 0 radical (unpaired) electrons. The molecule has 0 aliphatic carbocycles. The molecular formula is C20H33N5O4Si. The highest BCUT2D eigenvalue weighted by molar-refractivity contribution is 6.60. The van der Waals surface area contributed by atoms with Crippen molar-refractivity contribution in [1.29, 1.82) is 0 Å². The maximum atomic E-state index is 12.1. The smallest absolute Gasteiger partial charge is 0.374 e. The molecule has 2 rings (SSSR count). The summed E-state index contributed by atoms with van der Waals surface area (Å²) in [7, 11) is -2.66. The van der Waals surface area contributed by atoms with E-state index >= 15 is 0 Å². The zero-order valence-electron chi connectivity index (χ0n) is 18.1. The Morgan fingerprint density at radius 2 is 1.70 bits per heavy atom. The molecule has 2 N–H and O–H groups in total. The van der Waals surface area contributed by atoms with E-state index in [9.17, 15) is 4.79 Å². The second kappa shape index (κ2) is 13.1. The maximum absolute atomic E-state index is 12.1. The van der Waals surface area contributed by atoms with E-state index in [1.165, 1.54) is 0 Å². The van der Waals surface area contributed by atoms with Gasteiger partial charge in [-0.05, 0) is 32.8 Å². The minimum atomic E-state index is -2.66. The molecule has 0 aliphatic rings. The standard InChI is InChI=1S/C20H33N5O4Si/c1-4-27-30(28-5-2,29-6-3)14-10-13-21-20(26)22-15-19-17-25(24-23-19)16-18-11-8-7-9-12-18/h7-9,11-12,17H,4-6,10,13-16H2,1-3H3,(H2,21,22,26). The third kappa shape index (κ3) is 8.23. The summed E-state index contributed by atoms with van der Waals surface area (Å²) >= 11 is 0. The highest BCUT2D eigenvalue weighted by Crippen LogP contribution is 2.17. The number of hydrogen-bond donors (Lipinski definition) is 2. The molecule has 9 nitrogen and oxygen atoms in total. The van der Waals surface area contributed by atoms with E-state index in [4.69, 9.17) is 13.3 Å². The molecule has 10 heteroatoms. The zero-order valence-corrected chi connectivity index (χ0v) is 19.1. The van der Waals surface area contributed by atoms with Crippen molar-refractivity contribution in [2.45, 2.75) is 46.3 Å². The van der Waals surface area contributed by atoms with Gasteiger partial charge >= 0.3 is 14.8 Å². The Labute approximate surface area is 179 Å². The van der Waals surface area contributed by atoms with Crippen LogP contribution in [0, 0.1) is 0 Å². The van der Waals surface area contributed by atoms with Gasteiger partial charge in [-0.3, -0.25) is 0 Å². The average molecular weight is 436 g/mol. The van der Waals surface area contributed by atoms with E-state index in [-0.39, 0.29) is 6.03 Å². The first kappa shape index (κ1) is 24.0. The average Bonchev–Trinajstić information content (AvgIpc) is 3.18. The quantitative estimate of drug-likeness (QED) is 0.349. The van der Waals surface area contributed by atoms with Gasteiger partial charge in [0.1, 0.15) is 5.69 Å². The van der Waals surface area contributed by atoms with Crippen LogP contribution in [0.15, 0.2) is 36.5 Å². The van der Waals surface area contributed by atoms with Crippen molar-refractivity contribution in [3.8, 4) is 0 Å². The molecule has 1 aromatic carbocycles. The molecule has 0 saturated heterocycles. The Hall–Kier alpha value is -2.27. The van der Waals surface area contributed by atoms with Gasteiger partial charge in [-0.25, -0.2) is 9.48 Å². The summed E-state index contributed by atoms with van der Waals surface area (Å²) in [6, 6.07) is 10.4. The number of carbonyl (C=O) groups is 1. The fourth-order valence-corrected chi connectivity index (χ4v) is 5.62. The monoisotopic (exact) mass is 435 g/mol. The minimum absolute atomic E-state index is 0.246. The first-order valence-electron chi connectivity index (χ1n) is 10.5. The first-order valence-corrected chi connectivity index (χ1v) is 12.4. The molecule has 0 spiro atoms. The summed E-state index contributed by atoms with van der Waals surface area (Å²) in [5, 5.41) is 13.9. The second-order valence-corrected chi connectivity index (χ2v) is 9.32. The highest BCUT2D eigenvalue weighted by atomic mass is 28.4. The van der Waals surface area contributed by atoms with Gasteiger partial charge in [-0.15, -0.1) is 5.10 Å². The number of nitrogens with zero attached hydrogens (tertiary/aromatic N) is 3. The number of carbonyl (C=O) groups excluding carboxylic acids is 1. The van der Waals surface area contributed by atoms with Crippen molar-refractivity contribution in [2.24, 2.45) is 0 Å². The van der Waals surface area contributed by atoms with Crippen LogP contribution in [0.1, 0.15) is 38.4 Å². The lowest BCUT2D eigenvalue weighted by Gasteiger charge is -2.28. The molecule has 0 atom stereocenters. The predicted octanol–water partition coefficient (Wildman–Crippen LogP) is 2.56. The topological polar surface area (TPSA) is 99.5 Å². The summed E-state index contributed by atoms with van der Waals surface area (Å²) in [6.45, 7) is 8.90. The fraction of sp³-hybridized carbons (Fsp3) is 0.550. The molecule has 2 aromatic rings. The van der Waals surface area contributed by atoms with Gasteiger partial charge in [0.25, 0.3) is 0 Å². The van der Waals surface area contributed by atoms with Crippen molar-refractivity contribution in [3.63, 3.8) is 0 Å². The fourth-order valence-electron chi connectivity index (χ4n) is 3.01. The number of urea groups is 1. The van der Waals surface area contributed by atoms with E-state index < -0.39 is 8.80 Å². The van der Waals surface area contributed by atoms with Crippen LogP contribution in [0.4, 0.5) is 4.79 Å². The van der Waals surface area contributed by atoms with E-state index in [0.29, 0.717) is 57.6 Å². The summed E-state index contributed by atoms with van der Waals surface area (Å²) < 4.78 is 19.2. The van der Waals surface area contributed by atoms with Crippen LogP contribution < -0.4 is 10.6 Å². The van der Waals surface area contributed by atoms with Crippen LogP contribution in [-0.4, -0.2) is 56.2 Å². The molecule has 0 aliphatic heterocycles. The highest BCUT2D eigenvalue weighted by Gasteiger charge is 2.39. The van der Waals surface area contributed by atoms with Crippen LogP contribution in [0.2, 0.25) is 6.04 Å². The SMILES string of the molecule is CCO[Si](CCCNC(=O)NCc1cn(Cc2ccccc2)nn1)(OCC)OCC. The summed E-state index contributed by atoms with van der Waals surface area (Å²) in [5.74, 6) is 0. The lowest BCUT2D eigenvalue weighted by Crippen LogP contribution is -2.46. The predicted molar refractivity (Wildman–Crippen MR) is 116 cm³/mol. The Morgan fingerprint density at radius 1 is 1.03 bits per heavy atom. The molecule has 0 bridgehead atoms. The van der Waals surface area contributed by atoms with Gasteiger partial charge in [0.05, 0.1) is 19.3 Å². The van der Waals surface area contributed by atoms with Gasteiger partial charge in [-0.1, -0.05) is 35.5 Å².